The minimum Gasteiger partial charge on any atom is -0.171 e. The van der Waals surface area contributed by atoms with Crippen molar-refractivity contribution in [2.75, 3.05) is 12.1 Å². The first-order chi connectivity index (χ1) is 4.84. The average Bonchev–Trinajstić information content (AvgIpc) is 2.05. The third kappa shape index (κ3) is 1.23. The second kappa shape index (κ2) is 2.83. The zero-order chi connectivity index (χ0) is 7.40. The SMILES string of the molecule is C#CN(C)[n+]1cccnc1. The molecular formula is C7H8N3+. The van der Waals surface area contributed by atoms with Crippen LogP contribution in [0.1, 0.15) is 0 Å². The van der Waals surface area contributed by atoms with E-state index in [4.69, 9.17) is 6.42 Å². The fourth-order valence-electron chi connectivity index (χ4n) is 0.566. The van der Waals surface area contributed by atoms with E-state index in [1.54, 1.807) is 29.3 Å². The van der Waals surface area contributed by atoms with Gasteiger partial charge in [0.2, 0.25) is 0 Å². The minimum absolute atomic E-state index is 1.59. The van der Waals surface area contributed by atoms with Gasteiger partial charge in [-0.05, 0) is 0 Å². The number of terminal acetylenes is 1. The van der Waals surface area contributed by atoms with E-state index in [1.807, 2.05) is 12.3 Å². The molecule has 0 amide bonds. The highest BCUT2D eigenvalue weighted by atomic mass is 15.5. The Bertz CT molecular complexity index is 237. The molecule has 1 rings (SSSR count). The molecule has 0 N–H and O–H groups in total. The van der Waals surface area contributed by atoms with Crippen LogP contribution in [0.4, 0.5) is 0 Å². The van der Waals surface area contributed by atoms with Crippen molar-refractivity contribution >= 4 is 0 Å². The molecule has 0 unspecified atom stereocenters. The lowest BCUT2D eigenvalue weighted by Gasteiger charge is -2.03. The van der Waals surface area contributed by atoms with Gasteiger partial charge in [-0.3, -0.25) is 0 Å². The third-order valence-electron chi connectivity index (χ3n) is 1.13. The highest BCUT2D eigenvalue weighted by Crippen LogP contribution is 1.70. The van der Waals surface area contributed by atoms with Crippen LogP contribution in [0, 0.1) is 12.5 Å². The quantitative estimate of drug-likeness (QED) is 0.294. The zero-order valence-corrected chi connectivity index (χ0v) is 5.73. The molecule has 0 radical (unpaired) electrons. The van der Waals surface area contributed by atoms with Crippen LogP contribution >= 0.6 is 0 Å². The van der Waals surface area contributed by atoms with Crippen LogP contribution in [0.5, 0.6) is 0 Å². The van der Waals surface area contributed by atoms with Crippen LogP contribution in [0.15, 0.2) is 24.8 Å². The Labute approximate surface area is 59.9 Å². The molecule has 0 bridgehead atoms. The topological polar surface area (TPSA) is 20.0 Å². The standard InChI is InChI=1S/C7H8N3/c1-3-9(2)10-6-4-5-8-7-10/h1,4-7H,2H3/q+1. The van der Waals surface area contributed by atoms with Gasteiger partial charge in [-0.2, -0.15) is 5.01 Å². The van der Waals surface area contributed by atoms with Gasteiger partial charge in [0, 0.05) is 12.1 Å². The molecular weight excluding hydrogens is 126 g/mol. The highest BCUT2D eigenvalue weighted by Gasteiger charge is 1.96. The summed E-state index contributed by atoms with van der Waals surface area (Å²) in [5.74, 6) is 0. The Hall–Kier alpha value is -1.56. The van der Waals surface area contributed by atoms with E-state index >= 15 is 0 Å². The van der Waals surface area contributed by atoms with Crippen LogP contribution in [0.2, 0.25) is 0 Å². The molecule has 0 atom stereocenters. The van der Waals surface area contributed by atoms with E-state index in [2.05, 4.69) is 11.0 Å². The van der Waals surface area contributed by atoms with Crippen molar-refractivity contribution < 1.29 is 4.68 Å². The Balaban J connectivity index is 2.88. The van der Waals surface area contributed by atoms with Gasteiger partial charge in [-0.1, -0.05) is 11.4 Å². The fourth-order valence-corrected chi connectivity index (χ4v) is 0.566. The van der Waals surface area contributed by atoms with Crippen molar-refractivity contribution in [1.29, 1.82) is 0 Å². The van der Waals surface area contributed by atoms with Gasteiger partial charge in [0.05, 0.1) is 7.05 Å². The van der Waals surface area contributed by atoms with Gasteiger partial charge < -0.3 is 0 Å². The van der Waals surface area contributed by atoms with Gasteiger partial charge in [0.25, 0.3) is 0 Å². The fraction of sp³-hybridized carbons (Fsp3) is 0.143. The maximum Gasteiger partial charge on any atom is 0.310 e. The monoisotopic (exact) mass is 134 g/mol. The van der Waals surface area contributed by atoms with Crippen molar-refractivity contribution in [3.63, 3.8) is 0 Å². The van der Waals surface area contributed by atoms with Gasteiger partial charge in [0.15, 0.2) is 0 Å². The Morgan fingerprint density at radius 2 is 2.50 bits per heavy atom. The van der Waals surface area contributed by atoms with Crippen molar-refractivity contribution in [2.24, 2.45) is 0 Å². The summed E-state index contributed by atoms with van der Waals surface area (Å²) in [5, 5.41) is 1.59. The van der Waals surface area contributed by atoms with Crippen LogP contribution in [-0.2, 0) is 0 Å². The summed E-state index contributed by atoms with van der Waals surface area (Å²) in [7, 11) is 1.78. The van der Waals surface area contributed by atoms with E-state index < -0.39 is 0 Å². The van der Waals surface area contributed by atoms with Crippen molar-refractivity contribution in [2.45, 2.75) is 0 Å². The third-order valence-corrected chi connectivity index (χ3v) is 1.13. The normalized spacial score (nSPS) is 8.40. The molecule has 10 heavy (non-hydrogen) atoms. The number of nitrogens with zero attached hydrogens (tertiary/aromatic N) is 3. The summed E-state index contributed by atoms with van der Waals surface area (Å²) < 4.78 is 1.71. The van der Waals surface area contributed by atoms with Crippen LogP contribution < -0.4 is 9.69 Å². The van der Waals surface area contributed by atoms with Gasteiger partial charge >= 0.3 is 6.33 Å². The second-order valence-corrected chi connectivity index (χ2v) is 1.79. The maximum absolute atomic E-state index is 5.13. The zero-order valence-electron chi connectivity index (χ0n) is 5.73. The van der Waals surface area contributed by atoms with E-state index in [9.17, 15) is 0 Å². The van der Waals surface area contributed by atoms with Gasteiger partial charge in [0.1, 0.15) is 12.4 Å². The van der Waals surface area contributed by atoms with Gasteiger partial charge in [-0.25, -0.2) is 0 Å². The molecule has 0 aliphatic heterocycles. The summed E-state index contributed by atoms with van der Waals surface area (Å²) in [5.41, 5.74) is 0. The lowest BCUT2D eigenvalue weighted by Crippen LogP contribution is -2.51. The summed E-state index contributed by atoms with van der Waals surface area (Å²) >= 11 is 0. The summed E-state index contributed by atoms with van der Waals surface area (Å²) in [4.78, 5) is 3.88. The molecule has 1 heterocycles. The summed E-state index contributed by atoms with van der Waals surface area (Å²) in [6.07, 6.45) is 10.3. The number of rotatable bonds is 1. The Kier molecular flexibility index (Phi) is 1.86. The first kappa shape index (κ1) is 6.56. The molecule has 0 saturated heterocycles. The Morgan fingerprint density at radius 1 is 1.70 bits per heavy atom. The van der Waals surface area contributed by atoms with Crippen molar-refractivity contribution in [3.05, 3.63) is 24.8 Å². The van der Waals surface area contributed by atoms with E-state index in [0.717, 1.165) is 0 Å². The molecule has 1 aromatic heterocycles. The molecule has 50 valence electrons. The number of hydrogen-bond donors (Lipinski definition) is 0. The smallest absolute Gasteiger partial charge is 0.171 e. The minimum atomic E-state index is 1.59. The molecule has 0 aliphatic rings. The van der Waals surface area contributed by atoms with Crippen molar-refractivity contribution in [3.8, 4) is 12.5 Å². The predicted octanol–water partition coefficient (Wildman–Crippen LogP) is -0.472. The molecule has 0 fully saturated rings. The molecule has 0 saturated carbocycles. The van der Waals surface area contributed by atoms with Crippen LogP contribution in [-0.4, -0.2) is 12.0 Å². The second-order valence-electron chi connectivity index (χ2n) is 1.79. The molecule has 1 aromatic rings. The molecule has 3 heteroatoms. The molecule has 0 aliphatic carbocycles. The number of aromatic nitrogens is 2. The molecule has 3 nitrogen and oxygen atoms in total. The van der Waals surface area contributed by atoms with E-state index in [-0.39, 0.29) is 0 Å². The Morgan fingerprint density at radius 3 is 3.00 bits per heavy atom. The van der Waals surface area contributed by atoms with E-state index in [0.29, 0.717) is 0 Å². The molecule has 0 spiro atoms. The maximum atomic E-state index is 5.13. The first-order valence-corrected chi connectivity index (χ1v) is 2.86. The van der Waals surface area contributed by atoms with Crippen LogP contribution in [0.3, 0.4) is 0 Å². The molecule has 0 aromatic carbocycles. The first-order valence-electron chi connectivity index (χ1n) is 2.86. The van der Waals surface area contributed by atoms with Crippen molar-refractivity contribution in [1.82, 2.24) is 4.98 Å². The highest BCUT2D eigenvalue weighted by molar-refractivity contribution is 4.94. The average molecular weight is 134 g/mol. The van der Waals surface area contributed by atoms with Gasteiger partial charge in [-0.15, -0.1) is 4.68 Å². The number of hydrogen-bond acceptors (Lipinski definition) is 2. The lowest BCUT2D eigenvalue weighted by atomic mass is 10.7. The summed E-state index contributed by atoms with van der Waals surface area (Å²) in [6, 6.07) is 4.25. The lowest BCUT2D eigenvalue weighted by molar-refractivity contribution is -0.683. The predicted molar refractivity (Wildman–Crippen MR) is 37.4 cm³/mol. The van der Waals surface area contributed by atoms with E-state index in [1.165, 1.54) is 0 Å². The van der Waals surface area contributed by atoms with Crippen LogP contribution in [0.25, 0.3) is 0 Å². The summed E-state index contributed by atoms with van der Waals surface area (Å²) in [6.45, 7) is 0. The largest absolute Gasteiger partial charge is 0.310 e.